The second-order valence-electron chi connectivity index (χ2n) is 8.02. The van der Waals surface area contributed by atoms with Gasteiger partial charge < -0.3 is 20.1 Å². The lowest BCUT2D eigenvalue weighted by atomic mass is 9.94. The predicted octanol–water partition coefficient (Wildman–Crippen LogP) is 8.50. The van der Waals surface area contributed by atoms with Crippen LogP contribution in [0.25, 0.3) is 0 Å². The van der Waals surface area contributed by atoms with E-state index in [1.807, 2.05) is 0 Å². The standard InChI is InChI=1S/C26H20BrClF8N2O4/c1-4-7-13(8-5-2)21(39)37-17-10-6-9-15(20(17)41-3)22(40)38-19-16(27)11-14(12-18(19)42-23(29)30)24(31,25(28,32)33)26(34,35)36/h4-12,23H,1H2,2-3H3,(H,37,39)(H,38,40)/b8-5-,13-7+. The highest BCUT2D eigenvalue weighted by atomic mass is 79.9. The lowest BCUT2D eigenvalue weighted by molar-refractivity contribution is -0.286. The average molecular weight is 692 g/mol. The van der Waals surface area contributed by atoms with Gasteiger partial charge in [-0.15, -0.1) is 0 Å². The minimum absolute atomic E-state index is 0.0233. The molecule has 1 atom stereocenters. The van der Waals surface area contributed by atoms with Crippen molar-refractivity contribution in [3.8, 4) is 11.5 Å². The zero-order chi connectivity index (χ0) is 32.0. The number of carbonyl (C=O) groups is 2. The highest BCUT2D eigenvalue weighted by molar-refractivity contribution is 9.10. The summed E-state index contributed by atoms with van der Waals surface area (Å²) < 4.78 is 117. The van der Waals surface area contributed by atoms with E-state index in [9.17, 15) is 44.7 Å². The van der Waals surface area contributed by atoms with Crippen LogP contribution in [-0.4, -0.2) is 37.1 Å². The topological polar surface area (TPSA) is 76.7 Å². The molecule has 1 unspecified atom stereocenters. The molecule has 0 aromatic heterocycles. The van der Waals surface area contributed by atoms with E-state index in [4.69, 9.17) is 4.74 Å². The number of carbonyl (C=O) groups excluding carboxylic acids is 2. The van der Waals surface area contributed by atoms with Gasteiger partial charge in [0.15, 0.2) is 11.5 Å². The molecule has 2 amide bonds. The molecule has 16 heteroatoms. The Hall–Kier alpha value is -3.59. The molecule has 2 aromatic rings. The molecule has 6 nitrogen and oxygen atoms in total. The lowest BCUT2D eigenvalue weighted by Crippen LogP contribution is -2.49. The number of allylic oxidation sites excluding steroid dienone is 3. The molecule has 0 spiro atoms. The first-order valence-corrected chi connectivity index (χ1v) is 12.5. The zero-order valence-electron chi connectivity index (χ0n) is 21.4. The molecule has 0 saturated carbocycles. The van der Waals surface area contributed by atoms with Crippen LogP contribution in [0.2, 0.25) is 0 Å². The molecular weight excluding hydrogens is 672 g/mol. The van der Waals surface area contributed by atoms with Crippen LogP contribution in [0.4, 0.5) is 46.5 Å². The van der Waals surface area contributed by atoms with Crippen LogP contribution in [0.1, 0.15) is 22.8 Å². The predicted molar refractivity (Wildman–Crippen MR) is 143 cm³/mol. The Morgan fingerprint density at radius 1 is 1.10 bits per heavy atom. The summed E-state index contributed by atoms with van der Waals surface area (Å²) in [7, 11) is 1.13. The Balaban J connectivity index is 2.62. The summed E-state index contributed by atoms with van der Waals surface area (Å²) in [6.45, 7) is 1.42. The van der Waals surface area contributed by atoms with Crippen molar-refractivity contribution in [3.63, 3.8) is 0 Å². The first-order valence-electron chi connectivity index (χ1n) is 11.3. The Labute approximate surface area is 247 Å². The van der Waals surface area contributed by atoms with E-state index in [0.29, 0.717) is 0 Å². The Kier molecular flexibility index (Phi) is 11.2. The second-order valence-corrected chi connectivity index (χ2v) is 9.35. The highest BCUT2D eigenvalue weighted by Gasteiger charge is 2.72. The first-order chi connectivity index (χ1) is 19.4. The number of alkyl halides is 9. The summed E-state index contributed by atoms with van der Waals surface area (Å²) in [5, 5.41) is -0.986. The molecule has 42 heavy (non-hydrogen) atoms. The smallest absolute Gasteiger partial charge is 0.434 e. The Morgan fingerprint density at radius 3 is 2.24 bits per heavy atom. The van der Waals surface area contributed by atoms with Crippen molar-refractivity contribution in [1.29, 1.82) is 0 Å². The van der Waals surface area contributed by atoms with E-state index < -0.39 is 57.1 Å². The number of amides is 2. The van der Waals surface area contributed by atoms with Gasteiger partial charge in [-0.3, -0.25) is 9.59 Å². The van der Waals surface area contributed by atoms with E-state index in [-0.39, 0.29) is 34.7 Å². The SMILES string of the molecule is C=C/C=C(\C=C/C)C(=O)Nc1cccc(C(=O)Nc2c(Br)cc(C(F)(C(F)(F)F)C(F)(F)Cl)cc2OC(F)F)c1OC. The largest absolute Gasteiger partial charge is 0.494 e. The number of benzene rings is 2. The normalized spacial score (nSPS) is 14.0. The third kappa shape index (κ3) is 7.43. The van der Waals surface area contributed by atoms with Crippen molar-refractivity contribution < 1.29 is 54.2 Å². The molecule has 0 saturated heterocycles. The molecule has 0 aliphatic rings. The Bertz CT molecular complexity index is 1390. The van der Waals surface area contributed by atoms with Crippen LogP contribution in [0.3, 0.4) is 0 Å². The van der Waals surface area contributed by atoms with Crippen molar-refractivity contribution in [2.45, 2.75) is 30.8 Å². The van der Waals surface area contributed by atoms with Crippen LogP contribution in [0.5, 0.6) is 11.5 Å². The minimum Gasteiger partial charge on any atom is -0.494 e. The molecule has 2 N–H and O–H groups in total. The molecule has 0 fully saturated rings. The fourth-order valence-corrected chi connectivity index (χ4v) is 4.26. The minimum atomic E-state index is -6.31. The van der Waals surface area contributed by atoms with Gasteiger partial charge in [0.2, 0.25) is 0 Å². The van der Waals surface area contributed by atoms with Crippen molar-refractivity contribution in [1.82, 2.24) is 0 Å². The average Bonchev–Trinajstić information content (AvgIpc) is 2.87. The van der Waals surface area contributed by atoms with E-state index in [1.54, 1.807) is 13.0 Å². The quantitative estimate of drug-likeness (QED) is 0.107. The van der Waals surface area contributed by atoms with Crippen LogP contribution >= 0.6 is 27.5 Å². The summed E-state index contributed by atoms with van der Waals surface area (Å²) in [6.07, 6.45) is -0.509. The van der Waals surface area contributed by atoms with Crippen molar-refractivity contribution in [2.75, 3.05) is 17.7 Å². The van der Waals surface area contributed by atoms with Crippen molar-refractivity contribution in [3.05, 3.63) is 82.4 Å². The van der Waals surface area contributed by atoms with Crippen molar-refractivity contribution >= 4 is 50.7 Å². The van der Waals surface area contributed by atoms with Crippen LogP contribution < -0.4 is 20.1 Å². The molecule has 0 bridgehead atoms. The van der Waals surface area contributed by atoms with Gasteiger partial charge in [-0.25, -0.2) is 4.39 Å². The van der Waals surface area contributed by atoms with Gasteiger partial charge in [-0.1, -0.05) is 36.9 Å². The van der Waals surface area contributed by atoms with E-state index in [2.05, 4.69) is 49.5 Å². The molecular formula is C26H20BrClF8N2O4. The van der Waals surface area contributed by atoms with Crippen molar-refractivity contribution in [2.24, 2.45) is 0 Å². The monoisotopic (exact) mass is 690 g/mol. The molecule has 2 rings (SSSR count). The van der Waals surface area contributed by atoms with Crippen LogP contribution in [0, 0.1) is 0 Å². The van der Waals surface area contributed by atoms with E-state index in [0.717, 1.165) is 7.11 Å². The molecule has 0 radical (unpaired) electrons. The van der Waals surface area contributed by atoms with Gasteiger partial charge in [-0.05, 0) is 58.7 Å². The summed E-state index contributed by atoms with van der Waals surface area (Å²) in [4.78, 5) is 25.8. The number of halogens is 10. The summed E-state index contributed by atoms with van der Waals surface area (Å²) in [5.41, 5.74) is -8.40. The maximum Gasteiger partial charge on any atom is 0.434 e. The van der Waals surface area contributed by atoms with Crippen LogP contribution in [-0.2, 0) is 10.5 Å². The maximum absolute atomic E-state index is 14.9. The molecule has 0 aliphatic heterocycles. The summed E-state index contributed by atoms with van der Waals surface area (Å²) in [5.74, 6) is -3.32. The number of hydrogen-bond donors (Lipinski definition) is 2. The number of para-hydroxylation sites is 1. The number of rotatable bonds is 11. The number of ether oxygens (including phenoxy) is 2. The summed E-state index contributed by atoms with van der Waals surface area (Å²) >= 11 is 7.13. The van der Waals surface area contributed by atoms with Crippen LogP contribution in [0.15, 0.2) is 71.3 Å². The zero-order valence-corrected chi connectivity index (χ0v) is 23.7. The molecule has 0 aliphatic carbocycles. The fourth-order valence-electron chi connectivity index (χ4n) is 3.50. The molecule has 2 aromatic carbocycles. The highest BCUT2D eigenvalue weighted by Crippen LogP contribution is 2.56. The molecule has 0 heterocycles. The van der Waals surface area contributed by atoms with Gasteiger partial charge in [0, 0.05) is 15.6 Å². The first kappa shape index (κ1) is 34.6. The van der Waals surface area contributed by atoms with Gasteiger partial charge in [0.25, 0.3) is 11.8 Å². The maximum atomic E-state index is 14.9. The number of nitrogens with one attached hydrogen (secondary N) is 2. The van der Waals surface area contributed by atoms with Gasteiger partial charge in [0.1, 0.15) is 0 Å². The summed E-state index contributed by atoms with van der Waals surface area (Å²) in [6, 6.07) is 3.91. The third-order valence-corrected chi connectivity index (χ3v) is 6.19. The fraction of sp³-hybridized carbons (Fsp3) is 0.231. The third-order valence-electron chi connectivity index (χ3n) is 5.31. The number of hydrogen-bond acceptors (Lipinski definition) is 4. The van der Waals surface area contributed by atoms with Gasteiger partial charge >= 0.3 is 23.8 Å². The lowest BCUT2D eigenvalue weighted by Gasteiger charge is -2.32. The number of methoxy groups -OCH3 is 1. The van der Waals surface area contributed by atoms with E-state index >= 15 is 0 Å². The number of anilines is 2. The molecule has 228 valence electrons. The van der Waals surface area contributed by atoms with Gasteiger partial charge in [0.05, 0.1) is 24.0 Å². The second kappa shape index (κ2) is 13.6. The Morgan fingerprint density at radius 2 is 1.74 bits per heavy atom. The van der Waals surface area contributed by atoms with Gasteiger partial charge in [-0.2, -0.15) is 30.7 Å². The van der Waals surface area contributed by atoms with E-state index in [1.165, 1.54) is 36.4 Å².